The second-order valence-electron chi connectivity index (χ2n) is 6.04. The Balaban J connectivity index is 1.87. The van der Waals surface area contributed by atoms with E-state index in [0.29, 0.717) is 0 Å². The molecule has 5 heteroatoms. The number of benzene rings is 1. The van der Waals surface area contributed by atoms with Gasteiger partial charge in [-0.25, -0.2) is 4.79 Å². The van der Waals surface area contributed by atoms with Crippen molar-refractivity contribution in [2.24, 2.45) is 0 Å². The second-order valence-corrected chi connectivity index (χ2v) is 6.04. The van der Waals surface area contributed by atoms with Gasteiger partial charge < -0.3 is 20.0 Å². The lowest BCUT2D eigenvalue weighted by Gasteiger charge is -2.34. The first-order chi connectivity index (χ1) is 10.6. The summed E-state index contributed by atoms with van der Waals surface area (Å²) < 4.78 is 0. The average Bonchev–Trinajstić information content (AvgIpc) is 2.54. The quantitative estimate of drug-likeness (QED) is 0.909. The predicted octanol–water partition coefficient (Wildman–Crippen LogP) is 2.70. The minimum atomic E-state index is -0.0409. The third-order valence-electron chi connectivity index (χ3n) is 4.18. The molecule has 0 unspecified atom stereocenters. The van der Waals surface area contributed by atoms with E-state index < -0.39 is 0 Å². The number of urea groups is 1. The molecule has 2 rings (SSSR count). The molecule has 1 N–H and O–H groups in total. The number of amides is 2. The zero-order valence-corrected chi connectivity index (χ0v) is 14.0. The minimum Gasteiger partial charge on any atom is -0.369 e. The Labute approximate surface area is 133 Å². The number of nitrogens with zero attached hydrogens (tertiary/aromatic N) is 3. The summed E-state index contributed by atoms with van der Waals surface area (Å²) in [4.78, 5) is 18.5. The molecule has 1 aliphatic rings. The fourth-order valence-electron chi connectivity index (χ4n) is 2.54. The third kappa shape index (κ3) is 4.63. The van der Waals surface area contributed by atoms with Crippen molar-refractivity contribution in [2.75, 3.05) is 57.0 Å². The molecule has 1 aliphatic heterocycles. The zero-order chi connectivity index (χ0) is 15.9. The molecule has 0 aromatic heterocycles. The highest BCUT2D eigenvalue weighted by molar-refractivity contribution is 5.89. The van der Waals surface area contributed by atoms with E-state index in [4.69, 9.17) is 0 Å². The van der Waals surface area contributed by atoms with Crippen LogP contribution in [-0.4, -0.2) is 62.7 Å². The molecule has 0 bridgehead atoms. The number of nitrogens with one attached hydrogen (secondary N) is 1. The van der Waals surface area contributed by atoms with Gasteiger partial charge in [0.25, 0.3) is 0 Å². The summed E-state index contributed by atoms with van der Waals surface area (Å²) in [6.07, 6.45) is 2.13. The van der Waals surface area contributed by atoms with Crippen LogP contribution < -0.4 is 10.2 Å². The molecule has 1 heterocycles. The molecule has 1 aromatic carbocycles. The number of piperazine rings is 1. The molecule has 0 atom stereocenters. The Morgan fingerprint density at radius 1 is 1.18 bits per heavy atom. The molecule has 0 aliphatic carbocycles. The predicted molar refractivity (Wildman–Crippen MR) is 92.7 cm³/mol. The van der Waals surface area contributed by atoms with E-state index in [1.807, 2.05) is 19.2 Å². The van der Waals surface area contributed by atoms with Crippen LogP contribution in [0.5, 0.6) is 0 Å². The Morgan fingerprint density at radius 2 is 1.82 bits per heavy atom. The molecule has 2 amide bonds. The number of hydrogen-bond donors (Lipinski definition) is 1. The first-order valence-electron chi connectivity index (χ1n) is 8.16. The second kappa shape index (κ2) is 8.03. The van der Waals surface area contributed by atoms with Gasteiger partial charge in [0.15, 0.2) is 0 Å². The third-order valence-corrected chi connectivity index (χ3v) is 4.18. The molecule has 5 nitrogen and oxygen atoms in total. The monoisotopic (exact) mass is 304 g/mol. The van der Waals surface area contributed by atoms with E-state index in [9.17, 15) is 4.79 Å². The number of likely N-dealkylation sites (N-methyl/N-ethyl adjacent to an activating group) is 1. The first-order valence-corrected chi connectivity index (χ1v) is 8.16. The number of carbonyl (C=O) groups is 1. The summed E-state index contributed by atoms with van der Waals surface area (Å²) in [5.41, 5.74) is 2.08. The van der Waals surface area contributed by atoms with E-state index in [0.717, 1.165) is 51.3 Å². The van der Waals surface area contributed by atoms with Crippen molar-refractivity contribution >= 4 is 17.4 Å². The van der Waals surface area contributed by atoms with Gasteiger partial charge in [-0.15, -0.1) is 0 Å². The maximum Gasteiger partial charge on any atom is 0.321 e. The van der Waals surface area contributed by atoms with Crippen LogP contribution in [0.3, 0.4) is 0 Å². The van der Waals surface area contributed by atoms with E-state index >= 15 is 0 Å². The molecule has 1 saturated heterocycles. The number of anilines is 2. The van der Waals surface area contributed by atoms with Crippen molar-refractivity contribution in [1.29, 1.82) is 0 Å². The van der Waals surface area contributed by atoms with E-state index in [-0.39, 0.29) is 6.03 Å². The van der Waals surface area contributed by atoms with Crippen molar-refractivity contribution < 1.29 is 4.79 Å². The lowest BCUT2D eigenvalue weighted by Crippen LogP contribution is -2.44. The van der Waals surface area contributed by atoms with Crippen molar-refractivity contribution in [3.63, 3.8) is 0 Å². The molecule has 22 heavy (non-hydrogen) atoms. The van der Waals surface area contributed by atoms with Crippen molar-refractivity contribution in [3.8, 4) is 0 Å². The zero-order valence-electron chi connectivity index (χ0n) is 14.0. The van der Waals surface area contributed by atoms with Gasteiger partial charge in [0.2, 0.25) is 0 Å². The van der Waals surface area contributed by atoms with Gasteiger partial charge in [0.05, 0.1) is 0 Å². The molecule has 0 spiro atoms. The molecule has 122 valence electrons. The summed E-state index contributed by atoms with van der Waals surface area (Å²) in [6, 6.07) is 8.11. The highest BCUT2D eigenvalue weighted by atomic mass is 16.2. The Bertz CT molecular complexity index is 466. The number of hydrogen-bond acceptors (Lipinski definition) is 3. The molecule has 1 aromatic rings. The standard InChI is InChI=1S/C17H28N4O/c1-4-5-10-20(3)17(22)18-15-6-8-16(9-7-15)21-13-11-19(2)12-14-21/h6-9H,4-5,10-14H2,1-3H3,(H,18,22). The van der Waals surface area contributed by atoms with Gasteiger partial charge in [-0.05, 0) is 37.7 Å². The minimum absolute atomic E-state index is 0.0409. The van der Waals surface area contributed by atoms with Crippen molar-refractivity contribution in [1.82, 2.24) is 9.80 Å². The van der Waals surface area contributed by atoms with Crippen LogP contribution in [0.15, 0.2) is 24.3 Å². The highest BCUT2D eigenvalue weighted by Crippen LogP contribution is 2.19. The fourth-order valence-corrected chi connectivity index (χ4v) is 2.54. The summed E-state index contributed by atoms with van der Waals surface area (Å²) in [6.45, 7) is 7.23. The summed E-state index contributed by atoms with van der Waals surface area (Å²) in [5.74, 6) is 0. The maximum absolute atomic E-state index is 12.0. The van der Waals surface area contributed by atoms with Gasteiger partial charge >= 0.3 is 6.03 Å². The highest BCUT2D eigenvalue weighted by Gasteiger charge is 2.14. The van der Waals surface area contributed by atoms with Gasteiger partial charge in [-0.2, -0.15) is 0 Å². The molecule has 0 radical (unpaired) electrons. The molecule has 0 saturated carbocycles. The Kier molecular flexibility index (Phi) is 6.07. The number of unbranched alkanes of at least 4 members (excludes halogenated alkanes) is 1. The fraction of sp³-hybridized carbons (Fsp3) is 0.588. The van der Waals surface area contributed by atoms with Crippen LogP contribution in [0.1, 0.15) is 19.8 Å². The van der Waals surface area contributed by atoms with Crippen molar-refractivity contribution in [3.05, 3.63) is 24.3 Å². The van der Waals surface area contributed by atoms with E-state index in [2.05, 4.69) is 41.2 Å². The van der Waals surface area contributed by atoms with E-state index in [1.54, 1.807) is 4.90 Å². The van der Waals surface area contributed by atoms with Crippen LogP contribution in [-0.2, 0) is 0 Å². The van der Waals surface area contributed by atoms with Gasteiger partial charge in [-0.1, -0.05) is 13.3 Å². The van der Waals surface area contributed by atoms with Crippen LogP contribution in [0.25, 0.3) is 0 Å². The molecule has 1 fully saturated rings. The molecular formula is C17H28N4O. The SMILES string of the molecule is CCCCN(C)C(=O)Nc1ccc(N2CCN(C)CC2)cc1. The smallest absolute Gasteiger partial charge is 0.321 e. The topological polar surface area (TPSA) is 38.8 Å². The van der Waals surface area contributed by atoms with Gasteiger partial charge in [0.1, 0.15) is 0 Å². The first kappa shape index (κ1) is 16.6. The summed E-state index contributed by atoms with van der Waals surface area (Å²) in [7, 11) is 3.99. The van der Waals surface area contributed by atoms with Gasteiger partial charge in [-0.3, -0.25) is 0 Å². The van der Waals surface area contributed by atoms with Crippen LogP contribution >= 0.6 is 0 Å². The average molecular weight is 304 g/mol. The Hall–Kier alpha value is -1.75. The lowest BCUT2D eigenvalue weighted by molar-refractivity contribution is 0.222. The van der Waals surface area contributed by atoms with Crippen LogP contribution in [0.2, 0.25) is 0 Å². The van der Waals surface area contributed by atoms with Gasteiger partial charge in [0, 0.05) is 51.1 Å². The van der Waals surface area contributed by atoms with Crippen molar-refractivity contribution in [2.45, 2.75) is 19.8 Å². The van der Waals surface area contributed by atoms with Crippen LogP contribution in [0, 0.1) is 0 Å². The summed E-state index contributed by atoms with van der Waals surface area (Å²) >= 11 is 0. The summed E-state index contributed by atoms with van der Waals surface area (Å²) in [5, 5.41) is 2.95. The maximum atomic E-state index is 12.0. The molecular weight excluding hydrogens is 276 g/mol. The van der Waals surface area contributed by atoms with E-state index in [1.165, 1.54) is 5.69 Å². The normalized spacial score (nSPS) is 15.7. The number of rotatable bonds is 5. The van der Waals surface area contributed by atoms with Crippen LogP contribution in [0.4, 0.5) is 16.2 Å². The number of carbonyl (C=O) groups excluding carboxylic acids is 1. The lowest BCUT2D eigenvalue weighted by atomic mass is 10.2. The largest absolute Gasteiger partial charge is 0.369 e. The Morgan fingerprint density at radius 3 is 2.41 bits per heavy atom.